The molecule has 1 aliphatic rings. The average molecular weight is 341 g/mol. The minimum Gasteiger partial charge on any atom is -0.303 e. The highest BCUT2D eigenvalue weighted by atomic mass is 32.2. The van der Waals surface area contributed by atoms with Crippen molar-refractivity contribution < 1.29 is 8.42 Å². The van der Waals surface area contributed by atoms with Crippen LogP contribution in [0.4, 0.5) is 0 Å². The predicted octanol–water partition coefficient (Wildman–Crippen LogP) is 2.24. The van der Waals surface area contributed by atoms with Crippen molar-refractivity contribution in [3.05, 3.63) is 65.7 Å². The van der Waals surface area contributed by atoms with Gasteiger partial charge in [-0.15, -0.1) is 0 Å². The van der Waals surface area contributed by atoms with Crippen molar-refractivity contribution in [2.45, 2.75) is 10.9 Å². The second-order valence-electron chi connectivity index (χ2n) is 5.94. The molecule has 0 amide bonds. The molecule has 124 valence electrons. The van der Waals surface area contributed by atoms with Gasteiger partial charge in [-0.2, -0.15) is 9.57 Å². The third-order valence-electron chi connectivity index (χ3n) is 4.31. The van der Waals surface area contributed by atoms with E-state index >= 15 is 0 Å². The van der Waals surface area contributed by atoms with E-state index in [1.165, 1.54) is 12.1 Å². The summed E-state index contributed by atoms with van der Waals surface area (Å²) in [6.45, 7) is 1.79. The first kappa shape index (κ1) is 16.7. The molecule has 0 unspecified atom stereocenters. The maximum atomic E-state index is 13.1. The Labute approximate surface area is 142 Å². The van der Waals surface area contributed by atoms with E-state index in [-0.39, 0.29) is 10.9 Å². The average Bonchev–Trinajstić information content (AvgIpc) is 2.62. The molecule has 0 saturated carbocycles. The van der Waals surface area contributed by atoms with Crippen LogP contribution in [0.15, 0.2) is 59.5 Å². The monoisotopic (exact) mass is 341 g/mol. The van der Waals surface area contributed by atoms with Crippen LogP contribution >= 0.6 is 0 Å². The molecule has 0 radical (unpaired) electrons. The number of sulfonamides is 1. The zero-order chi connectivity index (χ0) is 17.2. The zero-order valence-corrected chi connectivity index (χ0v) is 14.3. The van der Waals surface area contributed by atoms with Crippen molar-refractivity contribution >= 4 is 10.0 Å². The number of likely N-dealkylation sites (N-methyl/N-ethyl adjacent to an activating group) is 1. The molecule has 5 nitrogen and oxygen atoms in total. The van der Waals surface area contributed by atoms with Gasteiger partial charge in [0.05, 0.1) is 22.6 Å². The number of nitriles is 1. The van der Waals surface area contributed by atoms with Crippen LogP contribution in [-0.4, -0.2) is 44.3 Å². The largest absolute Gasteiger partial charge is 0.303 e. The summed E-state index contributed by atoms with van der Waals surface area (Å²) < 4.78 is 27.8. The lowest BCUT2D eigenvalue weighted by atomic mass is 10.1. The van der Waals surface area contributed by atoms with Crippen molar-refractivity contribution in [1.29, 1.82) is 5.26 Å². The third-order valence-corrected chi connectivity index (χ3v) is 6.23. The molecule has 0 bridgehead atoms. The van der Waals surface area contributed by atoms with Gasteiger partial charge in [-0.25, -0.2) is 8.42 Å². The number of nitrogens with zero attached hydrogens (tertiary/aromatic N) is 3. The molecule has 1 fully saturated rings. The van der Waals surface area contributed by atoms with Gasteiger partial charge in [0, 0.05) is 19.6 Å². The highest BCUT2D eigenvalue weighted by Gasteiger charge is 2.35. The topological polar surface area (TPSA) is 64.4 Å². The van der Waals surface area contributed by atoms with Crippen LogP contribution in [0, 0.1) is 11.3 Å². The molecule has 2 aromatic carbocycles. The van der Waals surface area contributed by atoms with Crippen molar-refractivity contribution in [1.82, 2.24) is 9.21 Å². The van der Waals surface area contributed by atoms with Crippen LogP contribution in [0.1, 0.15) is 17.2 Å². The molecular weight excluding hydrogens is 322 g/mol. The van der Waals surface area contributed by atoms with Gasteiger partial charge < -0.3 is 4.90 Å². The van der Waals surface area contributed by atoms with Gasteiger partial charge >= 0.3 is 0 Å². The van der Waals surface area contributed by atoms with E-state index in [1.54, 1.807) is 16.4 Å². The van der Waals surface area contributed by atoms with Crippen LogP contribution in [0.3, 0.4) is 0 Å². The summed E-state index contributed by atoms with van der Waals surface area (Å²) >= 11 is 0. The van der Waals surface area contributed by atoms with Crippen LogP contribution in [0.5, 0.6) is 0 Å². The van der Waals surface area contributed by atoms with E-state index in [1.807, 2.05) is 43.4 Å². The molecule has 0 aromatic heterocycles. The maximum absolute atomic E-state index is 13.1. The molecule has 0 aliphatic carbocycles. The van der Waals surface area contributed by atoms with Gasteiger partial charge in [-0.1, -0.05) is 30.3 Å². The van der Waals surface area contributed by atoms with Gasteiger partial charge in [0.2, 0.25) is 10.0 Å². The van der Waals surface area contributed by atoms with Gasteiger partial charge in [-0.05, 0) is 36.9 Å². The highest BCUT2D eigenvalue weighted by molar-refractivity contribution is 7.89. The lowest BCUT2D eigenvalue weighted by Crippen LogP contribution is -2.49. The number of piperazine rings is 1. The van der Waals surface area contributed by atoms with Gasteiger partial charge in [0.1, 0.15) is 0 Å². The molecule has 0 spiro atoms. The van der Waals surface area contributed by atoms with Crippen molar-refractivity contribution in [2.75, 3.05) is 26.7 Å². The lowest BCUT2D eigenvalue weighted by Gasteiger charge is -2.39. The minimum atomic E-state index is -3.61. The van der Waals surface area contributed by atoms with E-state index in [0.29, 0.717) is 25.2 Å². The summed E-state index contributed by atoms with van der Waals surface area (Å²) in [7, 11) is -1.61. The summed E-state index contributed by atoms with van der Waals surface area (Å²) in [6.07, 6.45) is 0. The Morgan fingerprint density at radius 1 is 1.04 bits per heavy atom. The fourth-order valence-electron chi connectivity index (χ4n) is 2.97. The molecule has 2 aromatic rings. The molecule has 1 atom stereocenters. The Morgan fingerprint density at radius 3 is 2.33 bits per heavy atom. The number of hydrogen-bond donors (Lipinski definition) is 0. The number of hydrogen-bond acceptors (Lipinski definition) is 4. The van der Waals surface area contributed by atoms with Gasteiger partial charge in [0.15, 0.2) is 0 Å². The second kappa shape index (κ2) is 6.73. The Morgan fingerprint density at radius 2 is 1.71 bits per heavy atom. The molecular formula is C18H19N3O2S. The van der Waals surface area contributed by atoms with Crippen molar-refractivity contribution in [2.24, 2.45) is 0 Å². The Kier molecular flexibility index (Phi) is 4.67. The molecule has 1 heterocycles. The fraction of sp³-hybridized carbons (Fsp3) is 0.278. The summed E-state index contributed by atoms with van der Waals surface area (Å²) in [5.41, 5.74) is 1.44. The summed E-state index contributed by atoms with van der Waals surface area (Å²) in [5, 5.41) is 8.88. The van der Waals surface area contributed by atoms with Crippen LogP contribution in [0.25, 0.3) is 0 Å². The Hall–Kier alpha value is -2.20. The number of benzene rings is 2. The molecule has 6 heteroatoms. The first-order valence-electron chi connectivity index (χ1n) is 7.78. The first-order chi connectivity index (χ1) is 11.5. The predicted molar refractivity (Wildman–Crippen MR) is 91.7 cm³/mol. The van der Waals surface area contributed by atoms with Gasteiger partial charge in [0.25, 0.3) is 0 Å². The minimum absolute atomic E-state index is 0.217. The first-order valence-corrected chi connectivity index (χ1v) is 9.22. The smallest absolute Gasteiger partial charge is 0.243 e. The van der Waals surface area contributed by atoms with E-state index in [2.05, 4.69) is 4.90 Å². The van der Waals surface area contributed by atoms with Crippen LogP contribution < -0.4 is 0 Å². The van der Waals surface area contributed by atoms with Crippen LogP contribution in [-0.2, 0) is 10.0 Å². The summed E-state index contributed by atoms with van der Waals surface area (Å²) in [4.78, 5) is 2.37. The van der Waals surface area contributed by atoms with E-state index in [9.17, 15) is 8.42 Å². The maximum Gasteiger partial charge on any atom is 0.243 e. The summed E-state index contributed by atoms with van der Waals surface area (Å²) in [5.74, 6) is 0. The summed E-state index contributed by atoms with van der Waals surface area (Å²) in [6, 6.07) is 17.6. The Bertz CT molecular complexity index is 842. The van der Waals surface area contributed by atoms with Crippen molar-refractivity contribution in [3.8, 4) is 6.07 Å². The van der Waals surface area contributed by atoms with Crippen molar-refractivity contribution in [3.63, 3.8) is 0 Å². The fourth-order valence-corrected chi connectivity index (χ4v) is 4.57. The molecule has 1 aliphatic heterocycles. The van der Waals surface area contributed by atoms with Crippen LogP contribution in [0.2, 0.25) is 0 Å². The Balaban J connectivity index is 1.99. The van der Waals surface area contributed by atoms with E-state index in [4.69, 9.17) is 5.26 Å². The zero-order valence-electron chi connectivity index (χ0n) is 13.5. The standard InChI is InChI=1S/C18H19N3O2S/c1-20-11-12-21(18(14-20)16-5-3-2-4-6-16)24(22,23)17-9-7-15(13-19)8-10-17/h2-10,18H,11-12,14H2,1H3/t18-/m0/s1. The van der Waals surface area contributed by atoms with Gasteiger partial charge in [-0.3, -0.25) is 0 Å². The molecule has 1 saturated heterocycles. The SMILES string of the molecule is CN1CCN(S(=O)(=O)c2ccc(C#N)cc2)[C@H](c2ccccc2)C1. The lowest BCUT2D eigenvalue weighted by molar-refractivity contribution is 0.160. The second-order valence-corrected chi connectivity index (χ2v) is 7.83. The number of rotatable bonds is 3. The van der Waals surface area contributed by atoms with E-state index < -0.39 is 10.0 Å². The highest BCUT2D eigenvalue weighted by Crippen LogP contribution is 2.30. The quantitative estimate of drug-likeness (QED) is 0.859. The molecule has 24 heavy (non-hydrogen) atoms. The van der Waals surface area contributed by atoms with E-state index in [0.717, 1.165) is 5.56 Å². The molecule has 3 rings (SSSR count). The normalized spacial score (nSPS) is 19.8. The third kappa shape index (κ3) is 3.20. The molecule has 0 N–H and O–H groups in total.